The summed E-state index contributed by atoms with van der Waals surface area (Å²) in [5.41, 5.74) is 1.12. The fraction of sp³-hybridized carbons (Fsp3) is 0.0417. The molecule has 1 heterocycles. The molecule has 0 atom stereocenters. The Morgan fingerprint density at radius 3 is 2.26 bits per heavy atom. The van der Waals surface area contributed by atoms with Gasteiger partial charge < -0.3 is 4.18 Å². The normalized spacial score (nSPS) is 15.4. The molecule has 0 bridgehead atoms. The maximum Gasteiger partial charge on any atom is 0.339 e. The van der Waals surface area contributed by atoms with Crippen LogP contribution in [0.4, 0.5) is 10.5 Å². The first-order chi connectivity index (χ1) is 16.2. The Labute approximate surface area is 200 Å². The fourth-order valence-corrected chi connectivity index (χ4v) is 4.29. The van der Waals surface area contributed by atoms with Gasteiger partial charge in [0, 0.05) is 5.02 Å². The number of benzene rings is 3. The molecule has 172 valence electrons. The molecule has 1 aliphatic rings. The zero-order chi connectivity index (χ0) is 24.5. The van der Waals surface area contributed by atoms with Crippen molar-refractivity contribution < 1.29 is 27.0 Å². The van der Waals surface area contributed by atoms with Crippen molar-refractivity contribution in [3.8, 4) is 5.75 Å². The minimum atomic E-state index is -4.01. The maximum absolute atomic E-state index is 13.0. The Morgan fingerprint density at radius 2 is 1.62 bits per heavy atom. The molecule has 0 spiro atoms. The quantitative estimate of drug-likeness (QED) is 0.324. The van der Waals surface area contributed by atoms with E-state index < -0.39 is 28.0 Å². The minimum absolute atomic E-state index is 0.00614. The van der Waals surface area contributed by atoms with Crippen molar-refractivity contribution in [1.29, 1.82) is 0 Å². The Balaban J connectivity index is 1.59. The van der Waals surface area contributed by atoms with Crippen LogP contribution in [0.3, 0.4) is 0 Å². The average molecular weight is 497 g/mol. The first kappa shape index (κ1) is 23.2. The first-order valence-electron chi connectivity index (χ1n) is 9.93. The van der Waals surface area contributed by atoms with Crippen molar-refractivity contribution in [2.75, 3.05) is 4.90 Å². The van der Waals surface area contributed by atoms with Crippen LogP contribution >= 0.6 is 11.6 Å². The molecule has 0 aliphatic carbocycles. The number of urea groups is 1. The highest BCUT2D eigenvalue weighted by atomic mass is 35.5. The average Bonchev–Trinajstić information content (AvgIpc) is 2.80. The molecule has 1 N–H and O–H groups in total. The third-order valence-corrected chi connectivity index (χ3v) is 6.61. The van der Waals surface area contributed by atoms with Crippen LogP contribution in [0.15, 0.2) is 83.3 Å². The van der Waals surface area contributed by atoms with Crippen LogP contribution < -0.4 is 14.4 Å². The van der Waals surface area contributed by atoms with Gasteiger partial charge in [-0.2, -0.15) is 8.42 Å². The molecule has 1 saturated heterocycles. The predicted molar refractivity (Wildman–Crippen MR) is 126 cm³/mol. The van der Waals surface area contributed by atoms with Crippen molar-refractivity contribution >= 4 is 51.3 Å². The minimum Gasteiger partial charge on any atom is -0.379 e. The standard InChI is InChI=1S/C24H17ClN2O6S/c1-15-7-10-17(14-21(15)25)27-23(29)20(22(28)26-24(27)30)13-16-8-11-18(12-9-16)33-34(31,32)19-5-3-2-4-6-19/h2-14H,1H3,(H,26,28,30)/b20-13+. The number of aryl methyl sites for hydroxylation is 1. The van der Waals surface area contributed by atoms with Gasteiger partial charge in [0.2, 0.25) is 0 Å². The molecule has 0 radical (unpaired) electrons. The molecule has 3 aromatic rings. The molecule has 8 nitrogen and oxygen atoms in total. The molecule has 4 amide bonds. The summed E-state index contributed by atoms with van der Waals surface area (Å²) in [5.74, 6) is -1.62. The van der Waals surface area contributed by atoms with E-state index in [0.29, 0.717) is 10.6 Å². The van der Waals surface area contributed by atoms with Gasteiger partial charge in [0.05, 0.1) is 5.69 Å². The van der Waals surface area contributed by atoms with E-state index in [-0.39, 0.29) is 21.9 Å². The van der Waals surface area contributed by atoms with Gasteiger partial charge in [-0.15, -0.1) is 0 Å². The second kappa shape index (κ2) is 9.12. The predicted octanol–water partition coefficient (Wildman–Crippen LogP) is 4.08. The number of barbiturate groups is 1. The lowest BCUT2D eigenvalue weighted by molar-refractivity contribution is -0.122. The topological polar surface area (TPSA) is 110 Å². The summed E-state index contributed by atoms with van der Waals surface area (Å²) in [6.07, 6.45) is 1.29. The lowest BCUT2D eigenvalue weighted by Crippen LogP contribution is -2.54. The lowest BCUT2D eigenvalue weighted by Gasteiger charge is -2.26. The number of nitrogens with zero attached hydrogens (tertiary/aromatic N) is 1. The molecule has 0 saturated carbocycles. The van der Waals surface area contributed by atoms with Gasteiger partial charge >= 0.3 is 16.1 Å². The Morgan fingerprint density at radius 1 is 0.941 bits per heavy atom. The number of hydrogen-bond donors (Lipinski definition) is 1. The highest BCUT2D eigenvalue weighted by molar-refractivity contribution is 7.87. The number of halogens is 1. The van der Waals surface area contributed by atoms with Crippen molar-refractivity contribution in [1.82, 2.24) is 5.32 Å². The summed E-state index contributed by atoms with van der Waals surface area (Å²) in [6, 6.07) is 17.2. The van der Waals surface area contributed by atoms with E-state index in [1.165, 1.54) is 48.5 Å². The van der Waals surface area contributed by atoms with Crippen LogP contribution in [0.5, 0.6) is 5.75 Å². The number of nitrogens with one attached hydrogen (secondary N) is 1. The highest BCUT2D eigenvalue weighted by Gasteiger charge is 2.37. The van der Waals surface area contributed by atoms with Crippen molar-refractivity contribution in [3.05, 3.63) is 94.5 Å². The van der Waals surface area contributed by atoms with E-state index in [4.69, 9.17) is 15.8 Å². The molecule has 34 heavy (non-hydrogen) atoms. The number of hydrogen-bond acceptors (Lipinski definition) is 6. The second-order valence-electron chi connectivity index (χ2n) is 7.31. The molecule has 0 unspecified atom stereocenters. The third kappa shape index (κ3) is 4.70. The van der Waals surface area contributed by atoms with Crippen LogP contribution in [0.2, 0.25) is 5.02 Å². The van der Waals surface area contributed by atoms with E-state index in [1.807, 2.05) is 0 Å². The maximum atomic E-state index is 13.0. The van der Waals surface area contributed by atoms with Crippen LogP contribution in [-0.4, -0.2) is 26.3 Å². The van der Waals surface area contributed by atoms with Gasteiger partial charge in [0.25, 0.3) is 11.8 Å². The molecule has 4 rings (SSSR count). The number of rotatable bonds is 5. The van der Waals surface area contributed by atoms with Crippen molar-refractivity contribution in [2.24, 2.45) is 0 Å². The van der Waals surface area contributed by atoms with Crippen molar-refractivity contribution in [3.63, 3.8) is 0 Å². The second-order valence-corrected chi connectivity index (χ2v) is 9.26. The SMILES string of the molecule is Cc1ccc(N2C(=O)NC(=O)/C(=C\c3ccc(OS(=O)(=O)c4ccccc4)cc3)C2=O)cc1Cl. The molecule has 1 fully saturated rings. The smallest absolute Gasteiger partial charge is 0.339 e. The number of carbonyl (C=O) groups is 3. The summed E-state index contributed by atoms with van der Waals surface area (Å²) >= 11 is 6.12. The van der Waals surface area contributed by atoms with E-state index in [2.05, 4.69) is 5.32 Å². The summed E-state index contributed by atoms with van der Waals surface area (Å²) < 4.78 is 29.8. The van der Waals surface area contributed by atoms with E-state index in [9.17, 15) is 22.8 Å². The van der Waals surface area contributed by atoms with Crippen LogP contribution in [0, 0.1) is 6.92 Å². The third-order valence-electron chi connectivity index (χ3n) is 4.94. The molecule has 10 heteroatoms. The van der Waals surface area contributed by atoms with Crippen molar-refractivity contribution in [2.45, 2.75) is 11.8 Å². The van der Waals surface area contributed by atoms with Gasteiger partial charge in [0.15, 0.2) is 0 Å². The largest absolute Gasteiger partial charge is 0.379 e. The first-order valence-corrected chi connectivity index (χ1v) is 11.7. The highest BCUT2D eigenvalue weighted by Crippen LogP contribution is 2.27. The van der Waals surface area contributed by atoms with E-state index >= 15 is 0 Å². The summed E-state index contributed by atoms with van der Waals surface area (Å²) in [7, 11) is -4.01. The number of amides is 4. The number of imide groups is 2. The van der Waals surface area contributed by atoms with Gasteiger partial charge in [-0.05, 0) is 60.5 Å². The Kier molecular flexibility index (Phi) is 6.23. The fourth-order valence-electron chi connectivity index (χ4n) is 3.16. The number of carbonyl (C=O) groups excluding carboxylic acids is 3. The Hall–Kier alpha value is -3.95. The van der Waals surface area contributed by atoms with Crippen LogP contribution in [0.25, 0.3) is 6.08 Å². The molecular weight excluding hydrogens is 480 g/mol. The monoisotopic (exact) mass is 496 g/mol. The van der Waals surface area contributed by atoms with Gasteiger partial charge in [-0.3, -0.25) is 14.9 Å². The molecule has 1 aliphatic heterocycles. The molecule has 3 aromatic carbocycles. The van der Waals surface area contributed by atoms with Crippen LogP contribution in [0.1, 0.15) is 11.1 Å². The zero-order valence-corrected chi connectivity index (χ0v) is 19.3. The molecule has 0 aromatic heterocycles. The lowest BCUT2D eigenvalue weighted by atomic mass is 10.1. The number of anilines is 1. The van der Waals surface area contributed by atoms with Gasteiger partial charge in [-0.25, -0.2) is 9.69 Å². The van der Waals surface area contributed by atoms with E-state index in [1.54, 1.807) is 37.3 Å². The Bertz CT molecular complexity index is 1430. The summed E-state index contributed by atoms with van der Waals surface area (Å²) in [4.78, 5) is 38.5. The molecular formula is C24H17ClN2O6S. The van der Waals surface area contributed by atoms with Crippen LogP contribution in [-0.2, 0) is 19.7 Å². The van der Waals surface area contributed by atoms with Gasteiger partial charge in [0.1, 0.15) is 16.2 Å². The van der Waals surface area contributed by atoms with E-state index in [0.717, 1.165) is 10.5 Å². The summed E-state index contributed by atoms with van der Waals surface area (Å²) in [5, 5.41) is 2.50. The zero-order valence-electron chi connectivity index (χ0n) is 17.7. The summed E-state index contributed by atoms with van der Waals surface area (Å²) in [6.45, 7) is 1.78. The van der Waals surface area contributed by atoms with Gasteiger partial charge in [-0.1, -0.05) is 48.0 Å².